The first-order valence-electron chi connectivity index (χ1n) is 6.71. The van der Waals surface area contributed by atoms with Crippen molar-refractivity contribution in [1.29, 1.82) is 0 Å². The summed E-state index contributed by atoms with van der Waals surface area (Å²) >= 11 is 0. The molecule has 0 spiro atoms. The lowest BCUT2D eigenvalue weighted by atomic mass is 9.94. The molecule has 114 valence electrons. The van der Waals surface area contributed by atoms with Gasteiger partial charge in [-0.1, -0.05) is 12.1 Å². The number of rotatable bonds is 3. The van der Waals surface area contributed by atoms with Crippen LogP contribution in [0, 0.1) is 13.8 Å². The van der Waals surface area contributed by atoms with Crippen molar-refractivity contribution < 1.29 is 9.59 Å². The van der Waals surface area contributed by atoms with E-state index in [1.807, 2.05) is 26.0 Å². The van der Waals surface area contributed by atoms with Gasteiger partial charge in [-0.2, -0.15) is 0 Å². The van der Waals surface area contributed by atoms with Gasteiger partial charge in [-0.05, 0) is 60.4 Å². The van der Waals surface area contributed by atoms with Crippen LogP contribution in [0.25, 0.3) is 11.1 Å². The van der Waals surface area contributed by atoms with Gasteiger partial charge in [0.15, 0.2) is 0 Å². The highest BCUT2D eigenvalue weighted by molar-refractivity contribution is 5.96. The van der Waals surface area contributed by atoms with Gasteiger partial charge in [0.25, 0.3) is 11.8 Å². The predicted molar refractivity (Wildman–Crippen MR) is 84.7 cm³/mol. The third-order valence-corrected chi connectivity index (χ3v) is 3.53. The first-order valence-corrected chi connectivity index (χ1v) is 6.71. The predicted octanol–water partition coefficient (Wildman–Crippen LogP) is 1.18. The van der Waals surface area contributed by atoms with Crippen LogP contribution < -0.4 is 22.5 Å². The molecule has 0 bridgehead atoms. The second-order valence-electron chi connectivity index (χ2n) is 5.01. The van der Waals surface area contributed by atoms with E-state index in [1.165, 1.54) is 0 Å². The zero-order valence-corrected chi connectivity index (χ0v) is 12.4. The minimum Gasteiger partial charge on any atom is -0.290 e. The molecular formula is C16H18N4O2. The van der Waals surface area contributed by atoms with Crippen LogP contribution in [0.2, 0.25) is 0 Å². The summed E-state index contributed by atoms with van der Waals surface area (Å²) < 4.78 is 0. The zero-order chi connectivity index (χ0) is 16.3. The Morgan fingerprint density at radius 2 is 1.14 bits per heavy atom. The number of benzene rings is 2. The SMILES string of the molecule is Cc1cc(C(=O)NN)ccc1-c1ccc(C(=O)NN)cc1C. The number of carbonyl (C=O) groups is 2. The highest BCUT2D eigenvalue weighted by Crippen LogP contribution is 2.28. The van der Waals surface area contributed by atoms with E-state index in [4.69, 9.17) is 11.7 Å². The number of hydrazine groups is 2. The lowest BCUT2D eigenvalue weighted by Gasteiger charge is -2.12. The highest BCUT2D eigenvalue weighted by Gasteiger charge is 2.11. The van der Waals surface area contributed by atoms with E-state index in [-0.39, 0.29) is 11.8 Å². The number of nitrogens with one attached hydrogen (secondary N) is 2. The number of carbonyl (C=O) groups excluding carboxylic acids is 2. The largest absolute Gasteiger partial charge is 0.290 e. The maximum Gasteiger partial charge on any atom is 0.265 e. The molecular weight excluding hydrogens is 280 g/mol. The maximum absolute atomic E-state index is 11.5. The van der Waals surface area contributed by atoms with Gasteiger partial charge in [-0.3, -0.25) is 20.4 Å². The van der Waals surface area contributed by atoms with Gasteiger partial charge in [0, 0.05) is 11.1 Å². The van der Waals surface area contributed by atoms with Gasteiger partial charge < -0.3 is 0 Å². The van der Waals surface area contributed by atoms with Crippen LogP contribution in [0.1, 0.15) is 31.8 Å². The van der Waals surface area contributed by atoms with Crippen molar-refractivity contribution in [1.82, 2.24) is 10.9 Å². The Balaban J connectivity index is 2.44. The van der Waals surface area contributed by atoms with Crippen molar-refractivity contribution in [3.8, 4) is 11.1 Å². The summed E-state index contributed by atoms with van der Waals surface area (Å²) in [4.78, 5) is 23.1. The molecule has 0 fully saturated rings. The number of hydrogen-bond acceptors (Lipinski definition) is 4. The van der Waals surface area contributed by atoms with E-state index < -0.39 is 0 Å². The molecule has 6 N–H and O–H groups in total. The van der Waals surface area contributed by atoms with Crippen molar-refractivity contribution in [2.45, 2.75) is 13.8 Å². The minimum atomic E-state index is -0.332. The van der Waals surface area contributed by atoms with Crippen LogP contribution >= 0.6 is 0 Å². The Kier molecular flexibility index (Phi) is 4.55. The molecule has 22 heavy (non-hydrogen) atoms. The van der Waals surface area contributed by atoms with E-state index in [0.717, 1.165) is 22.3 Å². The summed E-state index contributed by atoms with van der Waals surface area (Å²) in [6.07, 6.45) is 0. The molecule has 6 heteroatoms. The molecule has 2 aromatic carbocycles. The normalized spacial score (nSPS) is 10.2. The van der Waals surface area contributed by atoms with Crippen LogP contribution in [0.4, 0.5) is 0 Å². The molecule has 0 aliphatic heterocycles. The van der Waals surface area contributed by atoms with E-state index in [2.05, 4.69) is 10.9 Å². The molecule has 0 saturated carbocycles. The topological polar surface area (TPSA) is 110 Å². The Labute approximate surface area is 128 Å². The summed E-state index contributed by atoms with van der Waals surface area (Å²) in [5.74, 6) is 9.61. The molecule has 0 radical (unpaired) electrons. The minimum absolute atomic E-state index is 0.332. The molecule has 2 aromatic rings. The second kappa shape index (κ2) is 6.38. The molecule has 6 nitrogen and oxygen atoms in total. The number of aryl methyl sites for hydroxylation is 2. The fourth-order valence-corrected chi connectivity index (χ4v) is 2.38. The fraction of sp³-hybridized carbons (Fsp3) is 0.125. The molecule has 0 aliphatic rings. The summed E-state index contributed by atoms with van der Waals surface area (Å²) in [7, 11) is 0. The monoisotopic (exact) mass is 298 g/mol. The molecule has 0 atom stereocenters. The fourth-order valence-electron chi connectivity index (χ4n) is 2.38. The molecule has 2 amide bonds. The van der Waals surface area contributed by atoms with Gasteiger partial charge in [0.1, 0.15) is 0 Å². The van der Waals surface area contributed by atoms with E-state index in [9.17, 15) is 9.59 Å². The van der Waals surface area contributed by atoms with Gasteiger partial charge in [-0.25, -0.2) is 11.7 Å². The van der Waals surface area contributed by atoms with Crippen LogP contribution in [-0.2, 0) is 0 Å². The van der Waals surface area contributed by atoms with E-state index >= 15 is 0 Å². The highest BCUT2D eigenvalue weighted by atomic mass is 16.2. The van der Waals surface area contributed by atoms with Gasteiger partial charge in [-0.15, -0.1) is 0 Å². The van der Waals surface area contributed by atoms with Gasteiger partial charge in [0.05, 0.1) is 0 Å². The first kappa shape index (κ1) is 15.7. The summed E-state index contributed by atoms with van der Waals surface area (Å²) in [6.45, 7) is 3.84. The van der Waals surface area contributed by atoms with Crippen molar-refractivity contribution in [2.75, 3.05) is 0 Å². The smallest absolute Gasteiger partial charge is 0.265 e. The molecule has 0 aromatic heterocycles. The first-order chi connectivity index (χ1) is 10.5. The van der Waals surface area contributed by atoms with Crippen LogP contribution in [0.15, 0.2) is 36.4 Å². The lowest BCUT2D eigenvalue weighted by Crippen LogP contribution is -2.30. The third kappa shape index (κ3) is 2.98. The van der Waals surface area contributed by atoms with Crippen LogP contribution in [0.3, 0.4) is 0 Å². The number of hydrogen-bond donors (Lipinski definition) is 4. The van der Waals surface area contributed by atoms with Crippen molar-refractivity contribution in [2.24, 2.45) is 11.7 Å². The van der Waals surface area contributed by atoms with Crippen molar-refractivity contribution >= 4 is 11.8 Å². The Morgan fingerprint density at radius 1 is 0.773 bits per heavy atom. The van der Waals surface area contributed by atoms with Crippen LogP contribution in [-0.4, -0.2) is 11.8 Å². The summed E-state index contributed by atoms with van der Waals surface area (Å²) in [5.41, 5.74) is 9.09. The number of nitrogens with two attached hydrogens (primary N) is 2. The number of amides is 2. The molecule has 2 rings (SSSR count). The third-order valence-electron chi connectivity index (χ3n) is 3.53. The molecule has 0 heterocycles. The summed E-state index contributed by atoms with van der Waals surface area (Å²) in [5, 5.41) is 0. The molecule has 0 unspecified atom stereocenters. The van der Waals surface area contributed by atoms with Crippen molar-refractivity contribution in [3.63, 3.8) is 0 Å². The van der Waals surface area contributed by atoms with Crippen LogP contribution in [0.5, 0.6) is 0 Å². The van der Waals surface area contributed by atoms with Gasteiger partial charge in [0.2, 0.25) is 0 Å². The van der Waals surface area contributed by atoms with Crippen molar-refractivity contribution in [3.05, 3.63) is 58.7 Å². The quantitative estimate of drug-likeness (QED) is 0.387. The second-order valence-corrected chi connectivity index (χ2v) is 5.01. The Bertz CT molecular complexity index is 677. The molecule has 0 saturated heterocycles. The van der Waals surface area contributed by atoms with E-state index in [0.29, 0.717) is 11.1 Å². The summed E-state index contributed by atoms with van der Waals surface area (Å²) in [6, 6.07) is 10.7. The molecule has 0 aliphatic carbocycles. The number of nitrogen functional groups attached to an aromatic ring is 2. The van der Waals surface area contributed by atoms with Gasteiger partial charge >= 0.3 is 0 Å². The standard InChI is InChI=1S/C16H18N4O2/c1-9-7-11(15(21)19-17)3-5-13(9)14-6-4-12(8-10(14)2)16(22)20-18/h3-8H,17-18H2,1-2H3,(H,19,21)(H,20,22). The maximum atomic E-state index is 11.5. The zero-order valence-electron chi connectivity index (χ0n) is 12.4. The Morgan fingerprint density at radius 3 is 1.41 bits per heavy atom. The van der Waals surface area contributed by atoms with E-state index in [1.54, 1.807) is 24.3 Å². The average molecular weight is 298 g/mol. The lowest BCUT2D eigenvalue weighted by molar-refractivity contribution is 0.0945. The average Bonchev–Trinajstić information content (AvgIpc) is 2.53. The Hall–Kier alpha value is -2.70.